The van der Waals surface area contributed by atoms with Crippen molar-refractivity contribution in [3.8, 4) is 0 Å². The van der Waals surface area contributed by atoms with Crippen LogP contribution in [0, 0.1) is 6.92 Å². The van der Waals surface area contributed by atoms with Crippen molar-refractivity contribution in [3.05, 3.63) is 34.5 Å². The molecule has 0 saturated carbocycles. The highest BCUT2D eigenvalue weighted by Gasteiger charge is 2.20. The number of benzene rings is 1. The third-order valence-corrected chi connectivity index (χ3v) is 4.22. The highest BCUT2D eigenvalue weighted by molar-refractivity contribution is 6.04. The molecule has 0 unspecified atom stereocenters. The molecular weight excluding hydrogens is 278 g/mol. The van der Waals surface area contributed by atoms with Gasteiger partial charge in [0.1, 0.15) is 0 Å². The number of unbranched alkanes of at least 4 members (excludes halogenated alkanes) is 1. The van der Waals surface area contributed by atoms with Gasteiger partial charge < -0.3 is 9.67 Å². The number of carboxylic acids is 1. The zero-order valence-electron chi connectivity index (χ0n) is 13.6. The molecule has 1 aromatic heterocycles. The van der Waals surface area contributed by atoms with Gasteiger partial charge in [-0.25, -0.2) is 4.79 Å². The minimum absolute atomic E-state index is 0.191. The third kappa shape index (κ3) is 2.65. The van der Waals surface area contributed by atoms with Crippen LogP contribution in [0.1, 0.15) is 71.5 Å². The molecule has 0 atom stereocenters. The summed E-state index contributed by atoms with van der Waals surface area (Å²) in [5.74, 6) is -0.768. The fourth-order valence-corrected chi connectivity index (χ4v) is 2.98. The first kappa shape index (κ1) is 16.3. The monoisotopic (exact) mass is 301 g/mol. The van der Waals surface area contributed by atoms with Gasteiger partial charge in [0, 0.05) is 23.2 Å². The van der Waals surface area contributed by atoms with E-state index in [4.69, 9.17) is 0 Å². The van der Waals surface area contributed by atoms with Crippen LogP contribution < -0.4 is 0 Å². The molecular formula is C18H23NO3. The van der Waals surface area contributed by atoms with Crippen LogP contribution in [0.2, 0.25) is 0 Å². The van der Waals surface area contributed by atoms with Gasteiger partial charge in [-0.05, 0) is 37.0 Å². The number of aromatic carboxylic acids is 1. The van der Waals surface area contributed by atoms with Gasteiger partial charge in [-0.2, -0.15) is 0 Å². The smallest absolute Gasteiger partial charge is 0.335 e. The Morgan fingerprint density at radius 2 is 2.05 bits per heavy atom. The van der Waals surface area contributed by atoms with E-state index in [2.05, 4.69) is 11.5 Å². The van der Waals surface area contributed by atoms with Crippen LogP contribution in [0.5, 0.6) is 0 Å². The topological polar surface area (TPSA) is 59.3 Å². The van der Waals surface area contributed by atoms with Gasteiger partial charge in [0.05, 0.1) is 11.1 Å². The lowest BCUT2D eigenvalue weighted by molar-refractivity contribution is 0.0696. The average molecular weight is 301 g/mol. The molecule has 0 radical (unpaired) electrons. The van der Waals surface area contributed by atoms with Gasteiger partial charge in [-0.1, -0.05) is 27.2 Å². The van der Waals surface area contributed by atoms with Crippen molar-refractivity contribution in [1.29, 1.82) is 0 Å². The summed E-state index contributed by atoms with van der Waals surface area (Å²) >= 11 is 0. The normalized spacial score (nSPS) is 11.3. The van der Waals surface area contributed by atoms with Crippen LogP contribution in [-0.2, 0) is 6.54 Å². The number of aldehydes is 1. The van der Waals surface area contributed by atoms with Crippen molar-refractivity contribution in [3.63, 3.8) is 0 Å². The molecule has 0 aliphatic rings. The molecule has 0 fully saturated rings. The molecule has 4 heteroatoms. The molecule has 4 nitrogen and oxygen atoms in total. The summed E-state index contributed by atoms with van der Waals surface area (Å²) in [6.45, 7) is 9.01. The molecule has 0 bridgehead atoms. The molecule has 0 spiro atoms. The molecule has 0 saturated heterocycles. The quantitative estimate of drug-likeness (QED) is 0.805. The summed E-state index contributed by atoms with van der Waals surface area (Å²) < 4.78 is 2.17. The van der Waals surface area contributed by atoms with E-state index in [1.807, 2.05) is 20.8 Å². The minimum atomic E-state index is -0.959. The SMILES string of the molecule is CCCCn1c(C)c(C=O)c2cc(C(=O)O)cc(C(C)C)c21. The van der Waals surface area contributed by atoms with Gasteiger partial charge >= 0.3 is 5.97 Å². The zero-order valence-corrected chi connectivity index (χ0v) is 13.6. The third-order valence-electron chi connectivity index (χ3n) is 4.22. The number of hydrogen-bond donors (Lipinski definition) is 1. The van der Waals surface area contributed by atoms with Gasteiger partial charge in [0.25, 0.3) is 0 Å². The number of aryl methyl sites for hydroxylation is 1. The second-order valence-electron chi connectivity index (χ2n) is 6.04. The first-order valence-corrected chi connectivity index (χ1v) is 7.77. The Hall–Kier alpha value is -2.10. The van der Waals surface area contributed by atoms with Crippen LogP contribution in [0.25, 0.3) is 10.9 Å². The van der Waals surface area contributed by atoms with Crippen LogP contribution in [-0.4, -0.2) is 21.9 Å². The Balaban J connectivity index is 2.87. The average Bonchev–Trinajstić information content (AvgIpc) is 2.74. The molecule has 118 valence electrons. The largest absolute Gasteiger partial charge is 0.478 e. The summed E-state index contributed by atoms with van der Waals surface area (Å²) in [6, 6.07) is 3.37. The summed E-state index contributed by atoms with van der Waals surface area (Å²) in [4.78, 5) is 22.9. The number of rotatable bonds is 6. The van der Waals surface area contributed by atoms with Gasteiger partial charge in [-0.3, -0.25) is 4.79 Å². The highest BCUT2D eigenvalue weighted by Crippen LogP contribution is 2.33. The Kier molecular flexibility index (Phi) is 4.69. The summed E-state index contributed by atoms with van der Waals surface area (Å²) in [7, 11) is 0. The van der Waals surface area contributed by atoms with E-state index in [0.717, 1.165) is 47.8 Å². The molecule has 0 aliphatic carbocycles. The molecule has 0 aliphatic heterocycles. The number of hydrogen-bond acceptors (Lipinski definition) is 2. The number of fused-ring (bicyclic) bond motifs is 1. The van der Waals surface area contributed by atoms with Crippen LogP contribution >= 0.6 is 0 Å². The first-order valence-electron chi connectivity index (χ1n) is 7.77. The maximum atomic E-state index is 11.5. The lowest BCUT2D eigenvalue weighted by Gasteiger charge is -2.14. The van der Waals surface area contributed by atoms with Crippen LogP contribution in [0.3, 0.4) is 0 Å². The van der Waals surface area contributed by atoms with E-state index in [0.29, 0.717) is 5.56 Å². The lowest BCUT2D eigenvalue weighted by atomic mass is 9.96. The minimum Gasteiger partial charge on any atom is -0.478 e. The van der Waals surface area contributed by atoms with E-state index in [1.165, 1.54) is 0 Å². The molecule has 1 aromatic carbocycles. The van der Waals surface area contributed by atoms with Gasteiger partial charge in [-0.15, -0.1) is 0 Å². The van der Waals surface area contributed by atoms with E-state index >= 15 is 0 Å². The van der Waals surface area contributed by atoms with Gasteiger partial charge in [0.2, 0.25) is 0 Å². The highest BCUT2D eigenvalue weighted by atomic mass is 16.4. The maximum absolute atomic E-state index is 11.5. The lowest BCUT2D eigenvalue weighted by Crippen LogP contribution is -2.05. The predicted molar refractivity (Wildman–Crippen MR) is 88.0 cm³/mol. The van der Waals surface area contributed by atoms with Crippen LogP contribution in [0.15, 0.2) is 12.1 Å². The summed E-state index contributed by atoms with van der Waals surface area (Å²) in [6.07, 6.45) is 2.94. The van der Waals surface area contributed by atoms with Crippen LogP contribution in [0.4, 0.5) is 0 Å². The number of carboxylic acid groups (broad SMARTS) is 1. The summed E-state index contributed by atoms with van der Waals surface area (Å²) in [5, 5.41) is 10.1. The summed E-state index contributed by atoms with van der Waals surface area (Å²) in [5.41, 5.74) is 3.76. The van der Waals surface area contributed by atoms with Crippen molar-refractivity contribution in [2.24, 2.45) is 0 Å². The molecule has 0 amide bonds. The second-order valence-corrected chi connectivity index (χ2v) is 6.04. The molecule has 22 heavy (non-hydrogen) atoms. The second kappa shape index (κ2) is 6.34. The standard InChI is InChI=1S/C18H23NO3/c1-5-6-7-19-12(4)16(10-20)15-9-13(18(21)22)8-14(11(2)3)17(15)19/h8-11H,5-7H2,1-4H3,(H,21,22). The Labute approximate surface area is 130 Å². The van der Waals surface area contributed by atoms with E-state index in [-0.39, 0.29) is 11.5 Å². The Morgan fingerprint density at radius 1 is 1.36 bits per heavy atom. The first-order chi connectivity index (χ1) is 10.4. The van der Waals surface area contributed by atoms with Crippen molar-refractivity contribution in [1.82, 2.24) is 4.57 Å². The fraction of sp³-hybridized carbons (Fsp3) is 0.444. The van der Waals surface area contributed by atoms with E-state index in [9.17, 15) is 14.7 Å². The Bertz CT molecular complexity index is 726. The predicted octanol–water partition coefficient (Wildman–Crippen LogP) is 4.38. The molecule has 1 heterocycles. The zero-order chi connectivity index (χ0) is 16.4. The van der Waals surface area contributed by atoms with Crippen molar-refractivity contribution in [2.75, 3.05) is 0 Å². The molecule has 2 rings (SSSR count). The fourth-order valence-electron chi connectivity index (χ4n) is 2.98. The van der Waals surface area contributed by atoms with E-state index in [1.54, 1.807) is 12.1 Å². The number of carbonyl (C=O) groups is 2. The Morgan fingerprint density at radius 3 is 2.55 bits per heavy atom. The maximum Gasteiger partial charge on any atom is 0.335 e. The van der Waals surface area contributed by atoms with Crippen molar-refractivity contribution in [2.45, 2.75) is 53.0 Å². The van der Waals surface area contributed by atoms with Crippen molar-refractivity contribution < 1.29 is 14.7 Å². The number of aromatic nitrogens is 1. The van der Waals surface area contributed by atoms with Gasteiger partial charge in [0.15, 0.2) is 6.29 Å². The van der Waals surface area contributed by atoms with Crippen molar-refractivity contribution >= 4 is 23.2 Å². The number of carbonyl (C=O) groups excluding carboxylic acids is 1. The molecule has 1 N–H and O–H groups in total. The number of nitrogens with zero attached hydrogens (tertiary/aromatic N) is 1. The van der Waals surface area contributed by atoms with E-state index < -0.39 is 5.97 Å². The molecule has 2 aromatic rings.